The van der Waals surface area contributed by atoms with Crippen molar-refractivity contribution < 1.29 is 22.0 Å². The molecule has 0 saturated heterocycles. The van der Waals surface area contributed by atoms with Crippen molar-refractivity contribution in [3.05, 3.63) is 58.6 Å². The molecule has 0 unspecified atom stereocenters. The predicted molar refractivity (Wildman–Crippen MR) is 110 cm³/mol. The molecule has 2 aromatic rings. The molecule has 3 rings (SSSR count). The molecule has 1 fully saturated rings. The van der Waals surface area contributed by atoms with Gasteiger partial charge in [-0.25, -0.2) is 17.2 Å². The molecule has 0 bridgehead atoms. The number of amides is 1. The molecule has 0 aromatic heterocycles. The number of hydrogen-bond acceptors (Lipinski definition) is 3. The zero-order valence-corrected chi connectivity index (χ0v) is 18.0. The van der Waals surface area contributed by atoms with Crippen molar-refractivity contribution in [2.75, 3.05) is 11.9 Å². The molecule has 0 aliphatic heterocycles. The average Bonchev–Trinajstić information content (AvgIpc) is 2.69. The number of nitrogens with one attached hydrogen (secondary N) is 1. The standard InChI is InChI=1S/C20H21BrF2N2O3S/c21-14-6-9-17(10-7-14)29(27,28)25(16-4-2-1-3-5-16)13-20(26)24-19-11-8-15(22)12-18(19)23/h6-12,16H,1-5,13H2,(H,24,26). The lowest BCUT2D eigenvalue weighted by molar-refractivity contribution is -0.116. The molecule has 0 radical (unpaired) electrons. The Morgan fingerprint density at radius 2 is 1.72 bits per heavy atom. The number of anilines is 1. The van der Waals surface area contributed by atoms with Gasteiger partial charge in [0.1, 0.15) is 11.6 Å². The van der Waals surface area contributed by atoms with Gasteiger partial charge in [-0.1, -0.05) is 35.2 Å². The largest absolute Gasteiger partial charge is 0.322 e. The number of sulfonamides is 1. The van der Waals surface area contributed by atoms with Gasteiger partial charge in [0.15, 0.2) is 0 Å². The summed E-state index contributed by atoms with van der Waals surface area (Å²) in [4.78, 5) is 12.6. The molecule has 2 aromatic carbocycles. The van der Waals surface area contributed by atoms with Crippen LogP contribution in [0.4, 0.5) is 14.5 Å². The van der Waals surface area contributed by atoms with E-state index in [0.29, 0.717) is 18.9 Å². The van der Waals surface area contributed by atoms with E-state index in [-0.39, 0.29) is 16.6 Å². The van der Waals surface area contributed by atoms with Crippen molar-refractivity contribution in [2.45, 2.75) is 43.0 Å². The third-order valence-electron chi connectivity index (χ3n) is 4.91. The Hall–Kier alpha value is -1.84. The second kappa shape index (κ2) is 9.32. The maximum Gasteiger partial charge on any atom is 0.243 e. The minimum Gasteiger partial charge on any atom is -0.322 e. The van der Waals surface area contributed by atoms with E-state index in [1.54, 1.807) is 12.1 Å². The van der Waals surface area contributed by atoms with Crippen molar-refractivity contribution >= 4 is 37.5 Å². The molecule has 5 nitrogen and oxygen atoms in total. The van der Waals surface area contributed by atoms with Crippen LogP contribution in [0, 0.1) is 11.6 Å². The van der Waals surface area contributed by atoms with Crippen LogP contribution in [0.25, 0.3) is 0 Å². The first-order valence-corrected chi connectivity index (χ1v) is 11.5. The van der Waals surface area contributed by atoms with E-state index in [1.807, 2.05) is 0 Å². The van der Waals surface area contributed by atoms with Crippen LogP contribution in [0.3, 0.4) is 0 Å². The first kappa shape index (κ1) is 21.9. The molecule has 156 valence electrons. The van der Waals surface area contributed by atoms with E-state index in [2.05, 4.69) is 21.2 Å². The molecule has 1 amide bonds. The van der Waals surface area contributed by atoms with Gasteiger partial charge in [-0.3, -0.25) is 4.79 Å². The molecule has 0 atom stereocenters. The number of carbonyl (C=O) groups excluding carboxylic acids is 1. The van der Waals surface area contributed by atoms with Gasteiger partial charge in [0, 0.05) is 16.6 Å². The first-order valence-electron chi connectivity index (χ1n) is 9.29. The summed E-state index contributed by atoms with van der Waals surface area (Å²) in [6.45, 7) is -0.445. The topological polar surface area (TPSA) is 66.5 Å². The number of halogens is 3. The number of hydrogen-bond donors (Lipinski definition) is 1. The van der Waals surface area contributed by atoms with E-state index < -0.39 is 34.1 Å². The third kappa shape index (κ3) is 5.40. The minimum atomic E-state index is -3.92. The highest BCUT2D eigenvalue weighted by atomic mass is 79.9. The molecule has 29 heavy (non-hydrogen) atoms. The summed E-state index contributed by atoms with van der Waals surface area (Å²) in [6, 6.07) is 8.69. The second-order valence-corrected chi connectivity index (χ2v) is 9.77. The van der Waals surface area contributed by atoms with Crippen LogP contribution in [-0.2, 0) is 14.8 Å². The Kier molecular flexibility index (Phi) is 7.02. The van der Waals surface area contributed by atoms with Gasteiger partial charge >= 0.3 is 0 Å². The van der Waals surface area contributed by atoms with Gasteiger partial charge in [0.2, 0.25) is 15.9 Å². The summed E-state index contributed by atoms with van der Waals surface area (Å²) in [5.74, 6) is -2.36. The predicted octanol–water partition coefficient (Wildman–Crippen LogP) is 4.69. The number of rotatable bonds is 6. The number of nitrogens with zero attached hydrogens (tertiary/aromatic N) is 1. The van der Waals surface area contributed by atoms with Crippen LogP contribution in [0.1, 0.15) is 32.1 Å². The lowest BCUT2D eigenvalue weighted by Crippen LogP contribution is -2.45. The fourth-order valence-corrected chi connectivity index (χ4v) is 5.35. The Bertz CT molecular complexity index is 978. The molecular weight excluding hydrogens is 466 g/mol. The summed E-state index contributed by atoms with van der Waals surface area (Å²) < 4.78 is 55.4. The Morgan fingerprint density at radius 1 is 1.07 bits per heavy atom. The minimum absolute atomic E-state index is 0.0898. The van der Waals surface area contributed by atoms with Gasteiger partial charge in [0.05, 0.1) is 17.1 Å². The van der Waals surface area contributed by atoms with Crippen LogP contribution in [-0.4, -0.2) is 31.2 Å². The maximum atomic E-state index is 13.8. The van der Waals surface area contributed by atoms with Gasteiger partial charge in [-0.05, 0) is 49.2 Å². The van der Waals surface area contributed by atoms with E-state index in [0.717, 1.165) is 35.9 Å². The highest BCUT2D eigenvalue weighted by molar-refractivity contribution is 9.10. The summed E-state index contributed by atoms with van der Waals surface area (Å²) in [5, 5.41) is 2.35. The Balaban J connectivity index is 1.85. The molecule has 1 aliphatic carbocycles. The SMILES string of the molecule is O=C(CN(C1CCCCC1)S(=O)(=O)c1ccc(Br)cc1)Nc1ccc(F)cc1F. The lowest BCUT2D eigenvalue weighted by atomic mass is 9.95. The van der Waals surface area contributed by atoms with E-state index in [9.17, 15) is 22.0 Å². The first-order chi connectivity index (χ1) is 13.8. The number of carbonyl (C=O) groups is 1. The van der Waals surface area contributed by atoms with Gasteiger partial charge in [-0.15, -0.1) is 0 Å². The maximum absolute atomic E-state index is 13.8. The summed E-state index contributed by atoms with van der Waals surface area (Å²) >= 11 is 3.28. The molecule has 1 aliphatic rings. The van der Waals surface area contributed by atoms with Crippen molar-refractivity contribution in [3.8, 4) is 0 Å². The fraction of sp³-hybridized carbons (Fsp3) is 0.350. The quantitative estimate of drug-likeness (QED) is 0.643. The number of benzene rings is 2. The van der Waals surface area contributed by atoms with E-state index in [4.69, 9.17) is 0 Å². The molecule has 0 spiro atoms. The molecule has 0 heterocycles. The van der Waals surface area contributed by atoms with Crippen LogP contribution in [0.15, 0.2) is 51.8 Å². The fourth-order valence-electron chi connectivity index (χ4n) is 3.44. The van der Waals surface area contributed by atoms with Crippen molar-refractivity contribution in [2.24, 2.45) is 0 Å². The smallest absolute Gasteiger partial charge is 0.243 e. The zero-order chi connectivity index (χ0) is 21.0. The van der Waals surface area contributed by atoms with E-state index in [1.165, 1.54) is 16.4 Å². The van der Waals surface area contributed by atoms with E-state index >= 15 is 0 Å². The third-order valence-corrected chi connectivity index (χ3v) is 7.35. The lowest BCUT2D eigenvalue weighted by Gasteiger charge is -2.33. The zero-order valence-electron chi connectivity index (χ0n) is 15.6. The Labute approximate surface area is 177 Å². The van der Waals surface area contributed by atoms with Crippen LogP contribution in [0.5, 0.6) is 0 Å². The average molecular weight is 487 g/mol. The highest BCUT2D eigenvalue weighted by Crippen LogP contribution is 2.28. The van der Waals surface area contributed by atoms with Crippen molar-refractivity contribution in [1.82, 2.24) is 4.31 Å². The molecule has 1 saturated carbocycles. The molecule has 9 heteroatoms. The van der Waals surface area contributed by atoms with Crippen molar-refractivity contribution in [3.63, 3.8) is 0 Å². The molecular formula is C20H21BrF2N2O3S. The monoisotopic (exact) mass is 486 g/mol. The normalized spacial score (nSPS) is 15.4. The second-order valence-electron chi connectivity index (χ2n) is 6.97. The molecule has 1 N–H and O–H groups in total. The summed E-state index contributed by atoms with van der Waals surface area (Å²) in [6.07, 6.45) is 4.11. The van der Waals surface area contributed by atoms with Crippen LogP contribution in [0.2, 0.25) is 0 Å². The summed E-state index contributed by atoms with van der Waals surface area (Å²) in [7, 11) is -3.92. The Morgan fingerprint density at radius 3 is 2.34 bits per heavy atom. The van der Waals surface area contributed by atoms with Gasteiger partial charge in [-0.2, -0.15) is 4.31 Å². The van der Waals surface area contributed by atoms with Gasteiger partial charge in [0.25, 0.3) is 0 Å². The highest BCUT2D eigenvalue weighted by Gasteiger charge is 2.34. The van der Waals surface area contributed by atoms with Crippen LogP contribution < -0.4 is 5.32 Å². The summed E-state index contributed by atoms with van der Waals surface area (Å²) in [5.41, 5.74) is -0.193. The van der Waals surface area contributed by atoms with Crippen LogP contribution >= 0.6 is 15.9 Å². The van der Waals surface area contributed by atoms with Crippen molar-refractivity contribution in [1.29, 1.82) is 0 Å². The van der Waals surface area contributed by atoms with Gasteiger partial charge < -0.3 is 5.32 Å².